The van der Waals surface area contributed by atoms with Crippen LogP contribution in [0.15, 0.2) is 61.2 Å². The molecule has 0 amide bonds. The third kappa shape index (κ3) is 2.15. The molecule has 0 aromatic heterocycles. The molecule has 0 N–H and O–H groups in total. The lowest BCUT2D eigenvalue weighted by atomic mass is 9.56. The van der Waals surface area contributed by atoms with Gasteiger partial charge in [0.15, 0.2) is 0 Å². The molecule has 1 aliphatic carbocycles. The highest BCUT2D eigenvalue weighted by Gasteiger charge is 2.62. The van der Waals surface area contributed by atoms with Crippen molar-refractivity contribution >= 4 is 11.5 Å². The molecular weight excluding hydrogens is 300 g/mol. The van der Waals surface area contributed by atoms with E-state index >= 15 is 0 Å². The van der Waals surface area contributed by atoms with Crippen molar-refractivity contribution in [2.75, 3.05) is 6.61 Å². The molecule has 0 radical (unpaired) electrons. The van der Waals surface area contributed by atoms with Crippen LogP contribution in [0.4, 0.5) is 0 Å². The van der Waals surface area contributed by atoms with Crippen molar-refractivity contribution in [1.82, 2.24) is 0 Å². The van der Waals surface area contributed by atoms with Crippen molar-refractivity contribution in [3.05, 3.63) is 72.3 Å². The van der Waals surface area contributed by atoms with E-state index < -0.39 is 5.60 Å². The summed E-state index contributed by atoms with van der Waals surface area (Å²) < 4.78 is 11.7. The lowest BCUT2D eigenvalue weighted by Crippen LogP contribution is -2.54. The Labute approximate surface area is 141 Å². The fraction of sp³-hybridized carbons (Fsp3) is 0.286. The summed E-state index contributed by atoms with van der Waals surface area (Å²) in [6.45, 7) is 6.24. The quantitative estimate of drug-likeness (QED) is 0.792. The molecule has 2 aliphatic rings. The molecule has 3 nitrogen and oxygen atoms in total. The van der Waals surface area contributed by atoms with E-state index in [0.29, 0.717) is 6.61 Å². The summed E-state index contributed by atoms with van der Waals surface area (Å²) in [5.74, 6) is 1.13. The van der Waals surface area contributed by atoms with E-state index in [-0.39, 0.29) is 17.8 Å². The zero-order chi connectivity index (χ0) is 16.7. The van der Waals surface area contributed by atoms with Crippen LogP contribution in [0.25, 0.3) is 5.57 Å². The van der Waals surface area contributed by atoms with Gasteiger partial charge in [-0.2, -0.15) is 0 Å². The summed E-state index contributed by atoms with van der Waals surface area (Å²) in [5.41, 5.74) is 2.87. The largest absolute Gasteiger partial charge is 0.482 e. The SMILES string of the molecule is C=C(c1ccccc1)[C@]12C[C@H](COC(C)=O)[C@H]1c1ccccc1O2. The molecule has 1 fully saturated rings. The van der Waals surface area contributed by atoms with Crippen molar-refractivity contribution in [3.63, 3.8) is 0 Å². The summed E-state index contributed by atoms with van der Waals surface area (Å²) in [6, 6.07) is 18.3. The van der Waals surface area contributed by atoms with E-state index in [4.69, 9.17) is 9.47 Å². The van der Waals surface area contributed by atoms with Crippen LogP contribution in [0.3, 0.4) is 0 Å². The number of rotatable bonds is 4. The van der Waals surface area contributed by atoms with Gasteiger partial charge in [0.05, 0.1) is 6.61 Å². The average molecular weight is 320 g/mol. The van der Waals surface area contributed by atoms with E-state index in [1.165, 1.54) is 12.5 Å². The van der Waals surface area contributed by atoms with Gasteiger partial charge in [0, 0.05) is 24.3 Å². The molecule has 0 bridgehead atoms. The lowest BCUT2D eigenvalue weighted by Gasteiger charge is -2.50. The number of para-hydroxylation sites is 1. The molecule has 0 unspecified atom stereocenters. The highest BCUT2D eigenvalue weighted by molar-refractivity contribution is 5.76. The van der Waals surface area contributed by atoms with Crippen molar-refractivity contribution in [3.8, 4) is 5.75 Å². The van der Waals surface area contributed by atoms with E-state index in [0.717, 1.165) is 23.3 Å². The highest BCUT2D eigenvalue weighted by Crippen LogP contribution is 2.64. The second-order valence-electron chi connectivity index (χ2n) is 6.62. The van der Waals surface area contributed by atoms with Gasteiger partial charge in [0.2, 0.25) is 0 Å². The normalized spacial score (nSPS) is 26.5. The smallest absolute Gasteiger partial charge is 0.302 e. The Balaban J connectivity index is 1.68. The minimum Gasteiger partial charge on any atom is -0.482 e. The van der Waals surface area contributed by atoms with Gasteiger partial charge in [-0.1, -0.05) is 55.1 Å². The number of carbonyl (C=O) groups excluding carboxylic acids is 1. The van der Waals surface area contributed by atoms with Crippen LogP contribution in [0, 0.1) is 5.92 Å². The second-order valence-corrected chi connectivity index (χ2v) is 6.62. The summed E-state index contributed by atoms with van der Waals surface area (Å²) in [7, 11) is 0. The van der Waals surface area contributed by atoms with Gasteiger partial charge in [0.25, 0.3) is 0 Å². The predicted molar refractivity (Wildman–Crippen MR) is 92.8 cm³/mol. The number of benzene rings is 2. The van der Waals surface area contributed by atoms with Gasteiger partial charge in [-0.25, -0.2) is 0 Å². The zero-order valence-corrected chi connectivity index (χ0v) is 13.7. The Morgan fingerprint density at radius 3 is 2.67 bits per heavy atom. The van der Waals surface area contributed by atoms with E-state index in [1.54, 1.807) is 0 Å². The summed E-state index contributed by atoms with van der Waals surface area (Å²) in [5, 5.41) is 0. The minimum atomic E-state index is -0.421. The first-order valence-electron chi connectivity index (χ1n) is 8.28. The number of ether oxygens (including phenoxy) is 2. The zero-order valence-electron chi connectivity index (χ0n) is 13.7. The number of hydrogen-bond acceptors (Lipinski definition) is 3. The van der Waals surface area contributed by atoms with Crippen LogP contribution in [-0.4, -0.2) is 18.2 Å². The van der Waals surface area contributed by atoms with E-state index in [2.05, 4.69) is 24.8 Å². The Hall–Kier alpha value is -2.55. The molecule has 0 saturated heterocycles. The molecule has 1 aliphatic heterocycles. The molecule has 24 heavy (non-hydrogen) atoms. The van der Waals surface area contributed by atoms with Crippen LogP contribution in [0.1, 0.15) is 30.4 Å². The van der Waals surface area contributed by atoms with Crippen molar-refractivity contribution in [2.24, 2.45) is 5.92 Å². The molecule has 3 heteroatoms. The number of carbonyl (C=O) groups is 1. The Kier molecular flexibility index (Phi) is 3.45. The maximum atomic E-state index is 11.2. The third-order valence-corrected chi connectivity index (χ3v) is 5.22. The fourth-order valence-corrected chi connectivity index (χ4v) is 4.13. The Bertz CT molecular complexity index is 796. The van der Waals surface area contributed by atoms with Crippen molar-refractivity contribution in [2.45, 2.75) is 24.9 Å². The summed E-state index contributed by atoms with van der Waals surface area (Å²) in [4.78, 5) is 11.2. The topological polar surface area (TPSA) is 35.5 Å². The molecule has 2 aromatic carbocycles. The van der Waals surface area contributed by atoms with Gasteiger partial charge >= 0.3 is 5.97 Å². The fourth-order valence-electron chi connectivity index (χ4n) is 4.13. The van der Waals surface area contributed by atoms with Gasteiger partial charge in [-0.3, -0.25) is 4.79 Å². The Morgan fingerprint density at radius 2 is 1.92 bits per heavy atom. The first-order valence-corrected chi connectivity index (χ1v) is 8.28. The molecule has 1 saturated carbocycles. The first-order chi connectivity index (χ1) is 11.6. The van der Waals surface area contributed by atoms with Gasteiger partial charge in [-0.05, 0) is 23.6 Å². The van der Waals surface area contributed by atoms with Crippen LogP contribution in [-0.2, 0) is 9.53 Å². The minimum absolute atomic E-state index is 0.181. The monoisotopic (exact) mass is 320 g/mol. The third-order valence-electron chi connectivity index (χ3n) is 5.22. The molecule has 0 spiro atoms. The molecule has 1 heterocycles. The Morgan fingerprint density at radius 1 is 1.21 bits per heavy atom. The van der Waals surface area contributed by atoms with Crippen molar-refractivity contribution in [1.29, 1.82) is 0 Å². The molecule has 4 rings (SSSR count). The van der Waals surface area contributed by atoms with Gasteiger partial charge < -0.3 is 9.47 Å². The average Bonchev–Trinajstić information content (AvgIpc) is 2.84. The predicted octanol–water partition coefficient (Wildman–Crippen LogP) is 4.20. The second kappa shape index (κ2) is 5.52. The lowest BCUT2D eigenvalue weighted by molar-refractivity contribution is -0.146. The van der Waals surface area contributed by atoms with Crippen molar-refractivity contribution < 1.29 is 14.3 Å². The van der Waals surface area contributed by atoms with Crippen LogP contribution in [0.5, 0.6) is 5.75 Å². The summed E-state index contributed by atoms with van der Waals surface area (Å²) >= 11 is 0. The van der Waals surface area contributed by atoms with E-state index in [1.807, 2.05) is 36.4 Å². The molecular formula is C21H20O3. The first kappa shape index (κ1) is 15.0. The highest BCUT2D eigenvalue weighted by atomic mass is 16.5. The molecule has 122 valence electrons. The maximum absolute atomic E-state index is 11.2. The van der Waals surface area contributed by atoms with Crippen LogP contribution in [0.2, 0.25) is 0 Å². The van der Waals surface area contributed by atoms with Gasteiger partial charge in [0.1, 0.15) is 11.4 Å². The number of hydrogen-bond donors (Lipinski definition) is 0. The van der Waals surface area contributed by atoms with Gasteiger partial charge in [-0.15, -0.1) is 0 Å². The maximum Gasteiger partial charge on any atom is 0.302 e. The number of esters is 1. The number of fused-ring (bicyclic) bond motifs is 3. The standard InChI is InChI=1S/C21H20O3/c1-14(16-8-4-3-5-9-16)21-12-17(13-23-15(2)22)20(21)18-10-6-7-11-19(18)24-21/h3-11,17,20H,1,12-13H2,2H3/t17-,20+,21-/m1/s1. The molecule has 2 aromatic rings. The van der Waals surface area contributed by atoms with Crippen LogP contribution >= 0.6 is 0 Å². The molecule has 3 atom stereocenters. The van der Waals surface area contributed by atoms with E-state index in [9.17, 15) is 4.79 Å². The van der Waals surface area contributed by atoms with Crippen LogP contribution < -0.4 is 4.74 Å². The summed E-state index contributed by atoms with van der Waals surface area (Å²) in [6.07, 6.45) is 0.813.